The van der Waals surface area contributed by atoms with Crippen LogP contribution in [0.25, 0.3) is 12.2 Å². The number of nitrogens with one attached hydrogen (secondary N) is 2. The van der Waals surface area contributed by atoms with Crippen LogP contribution in [0.3, 0.4) is 0 Å². The van der Waals surface area contributed by atoms with Gasteiger partial charge >= 0.3 is 0 Å². The highest BCUT2D eigenvalue weighted by molar-refractivity contribution is 6.11. The first kappa shape index (κ1) is 26.8. The Balaban J connectivity index is 1.48. The van der Waals surface area contributed by atoms with Crippen LogP contribution in [0.2, 0.25) is 0 Å². The van der Waals surface area contributed by atoms with E-state index in [2.05, 4.69) is 10.6 Å². The molecule has 6 nitrogen and oxygen atoms in total. The minimum absolute atomic E-state index is 0.0934. The molecule has 0 bridgehead atoms. The number of carbonyl (C=O) groups excluding carboxylic acids is 3. The average Bonchev–Trinajstić information content (AvgIpc) is 2.96. The highest BCUT2D eigenvalue weighted by Gasteiger charge is 2.15. The molecule has 194 valence electrons. The number of benzene rings is 4. The summed E-state index contributed by atoms with van der Waals surface area (Å²) in [5.74, 6) is -0.350. The molecule has 0 aromatic heterocycles. The highest BCUT2D eigenvalue weighted by atomic mass is 16.5. The third kappa shape index (κ3) is 7.63. The Bertz CT molecular complexity index is 1540. The molecule has 0 heterocycles. The molecular weight excluding hydrogens is 488 g/mol. The lowest BCUT2D eigenvalue weighted by Gasteiger charge is -2.12. The van der Waals surface area contributed by atoms with Gasteiger partial charge < -0.3 is 15.4 Å². The van der Waals surface area contributed by atoms with E-state index in [4.69, 9.17) is 4.74 Å². The van der Waals surface area contributed by atoms with Gasteiger partial charge in [-0.15, -0.1) is 0 Å². The summed E-state index contributed by atoms with van der Waals surface area (Å²) < 4.78 is 5.21. The molecule has 2 amide bonds. The fourth-order valence-corrected chi connectivity index (χ4v) is 3.80. The maximum absolute atomic E-state index is 13.2. The van der Waals surface area contributed by atoms with E-state index in [9.17, 15) is 14.4 Å². The van der Waals surface area contributed by atoms with Gasteiger partial charge in [0.25, 0.3) is 11.8 Å². The second-order valence-corrected chi connectivity index (χ2v) is 8.80. The van der Waals surface area contributed by atoms with Crippen LogP contribution in [0, 0.1) is 6.92 Å². The summed E-state index contributed by atoms with van der Waals surface area (Å²) >= 11 is 0. The summed E-state index contributed by atoms with van der Waals surface area (Å²) in [5.41, 5.74) is 4.13. The molecule has 0 unspecified atom stereocenters. The second kappa shape index (κ2) is 12.8. The summed E-state index contributed by atoms with van der Waals surface area (Å²) in [6.45, 7) is 1.95. The minimum Gasteiger partial charge on any atom is -0.497 e. The van der Waals surface area contributed by atoms with Gasteiger partial charge in [0.1, 0.15) is 11.4 Å². The van der Waals surface area contributed by atoms with Gasteiger partial charge in [-0.25, -0.2) is 0 Å². The third-order valence-electron chi connectivity index (χ3n) is 5.83. The molecule has 0 spiro atoms. The number of anilines is 1. The smallest absolute Gasteiger partial charge is 0.272 e. The van der Waals surface area contributed by atoms with Crippen LogP contribution in [0.5, 0.6) is 5.75 Å². The molecule has 39 heavy (non-hydrogen) atoms. The number of methoxy groups -OCH3 is 1. The second-order valence-electron chi connectivity index (χ2n) is 8.80. The van der Waals surface area contributed by atoms with Crippen LogP contribution in [0.1, 0.15) is 37.4 Å². The summed E-state index contributed by atoms with van der Waals surface area (Å²) in [6.07, 6.45) is 4.84. The van der Waals surface area contributed by atoms with E-state index in [1.165, 1.54) is 6.08 Å². The normalized spacial score (nSPS) is 11.2. The fraction of sp³-hybridized carbons (Fsp3) is 0.0606. The van der Waals surface area contributed by atoms with Crippen molar-refractivity contribution in [3.05, 3.63) is 143 Å². The van der Waals surface area contributed by atoms with Gasteiger partial charge in [-0.05, 0) is 78.7 Å². The molecule has 0 fully saturated rings. The number of ether oxygens (including phenoxy) is 1. The van der Waals surface area contributed by atoms with E-state index in [0.717, 1.165) is 16.7 Å². The minimum atomic E-state index is -0.488. The van der Waals surface area contributed by atoms with E-state index in [0.29, 0.717) is 22.6 Å². The van der Waals surface area contributed by atoms with E-state index in [1.54, 1.807) is 67.8 Å². The van der Waals surface area contributed by atoms with Crippen molar-refractivity contribution in [1.82, 2.24) is 5.32 Å². The lowest BCUT2D eigenvalue weighted by Crippen LogP contribution is -2.30. The van der Waals surface area contributed by atoms with Crippen molar-refractivity contribution in [1.29, 1.82) is 0 Å². The van der Waals surface area contributed by atoms with Crippen LogP contribution in [-0.4, -0.2) is 24.7 Å². The van der Waals surface area contributed by atoms with E-state index in [1.807, 2.05) is 61.5 Å². The first-order valence-corrected chi connectivity index (χ1v) is 12.3. The summed E-state index contributed by atoms with van der Waals surface area (Å²) in [7, 11) is 1.59. The van der Waals surface area contributed by atoms with Crippen LogP contribution in [0.15, 0.2) is 115 Å². The molecule has 0 aliphatic carbocycles. The topological polar surface area (TPSA) is 84.5 Å². The zero-order chi connectivity index (χ0) is 27.6. The Kier molecular flexibility index (Phi) is 8.83. The maximum atomic E-state index is 13.2. The molecule has 0 aliphatic heterocycles. The number of ketones is 1. The number of allylic oxidation sites excluding steroid dienone is 1. The Morgan fingerprint density at radius 3 is 2.18 bits per heavy atom. The van der Waals surface area contributed by atoms with Crippen molar-refractivity contribution in [3.8, 4) is 5.75 Å². The summed E-state index contributed by atoms with van der Waals surface area (Å²) in [6, 6.07) is 30.3. The SMILES string of the molecule is COc1cccc(/C=C/C(=O)c2ccc(NC(=O)/C(=C/c3cccc(C)c3)NC(=O)c3ccccc3)cc2)c1. The summed E-state index contributed by atoms with van der Waals surface area (Å²) in [4.78, 5) is 38.7. The predicted molar refractivity (Wildman–Crippen MR) is 154 cm³/mol. The fourth-order valence-electron chi connectivity index (χ4n) is 3.80. The molecule has 0 radical (unpaired) electrons. The molecule has 4 aromatic carbocycles. The van der Waals surface area contributed by atoms with Crippen molar-refractivity contribution < 1.29 is 19.1 Å². The van der Waals surface area contributed by atoms with Crippen molar-refractivity contribution in [2.24, 2.45) is 0 Å². The third-order valence-corrected chi connectivity index (χ3v) is 5.83. The zero-order valence-electron chi connectivity index (χ0n) is 21.7. The number of aryl methyl sites for hydroxylation is 1. The zero-order valence-corrected chi connectivity index (χ0v) is 21.7. The van der Waals surface area contributed by atoms with Crippen LogP contribution >= 0.6 is 0 Å². The van der Waals surface area contributed by atoms with Gasteiger partial charge in [-0.2, -0.15) is 0 Å². The Labute approximate surface area is 227 Å². The molecule has 4 aromatic rings. The highest BCUT2D eigenvalue weighted by Crippen LogP contribution is 2.16. The first-order valence-electron chi connectivity index (χ1n) is 12.3. The van der Waals surface area contributed by atoms with E-state index in [-0.39, 0.29) is 11.5 Å². The molecule has 0 saturated heterocycles. The molecule has 0 aliphatic rings. The maximum Gasteiger partial charge on any atom is 0.272 e. The standard InChI is InChI=1S/C33H28N2O4/c1-23-8-6-10-25(20-23)22-30(35-32(37)27-11-4-3-5-12-27)33(38)34-28-17-15-26(16-18-28)31(36)19-14-24-9-7-13-29(21-24)39-2/h3-22H,1-2H3,(H,34,38)(H,35,37)/b19-14+,30-22-. The van der Waals surface area contributed by atoms with Gasteiger partial charge in [0.05, 0.1) is 7.11 Å². The number of hydrogen-bond acceptors (Lipinski definition) is 4. The van der Waals surface area contributed by atoms with E-state index < -0.39 is 11.8 Å². The molecule has 6 heteroatoms. The van der Waals surface area contributed by atoms with Gasteiger partial charge in [0.2, 0.25) is 0 Å². The van der Waals surface area contributed by atoms with Crippen LogP contribution < -0.4 is 15.4 Å². The number of hydrogen-bond donors (Lipinski definition) is 2. The van der Waals surface area contributed by atoms with Gasteiger partial charge in [0, 0.05) is 16.8 Å². The van der Waals surface area contributed by atoms with Crippen molar-refractivity contribution in [3.63, 3.8) is 0 Å². The Morgan fingerprint density at radius 1 is 0.744 bits per heavy atom. The molecular formula is C33H28N2O4. The molecule has 2 N–H and O–H groups in total. The van der Waals surface area contributed by atoms with Gasteiger partial charge in [-0.1, -0.05) is 66.2 Å². The first-order chi connectivity index (χ1) is 18.9. The van der Waals surface area contributed by atoms with Crippen LogP contribution in [-0.2, 0) is 4.79 Å². The van der Waals surface area contributed by atoms with Crippen molar-refractivity contribution in [2.45, 2.75) is 6.92 Å². The van der Waals surface area contributed by atoms with E-state index >= 15 is 0 Å². The van der Waals surface area contributed by atoms with Crippen molar-refractivity contribution in [2.75, 3.05) is 12.4 Å². The lowest BCUT2D eigenvalue weighted by molar-refractivity contribution is -0.113. The largest absolute Gasteiger partial charge is 0.497 e. The predicted octanol–water partition coefficient (Wildman–Crippen LogP) is 6.31. The Morgan fingerprint density at radius 2 is 1.46 bits per heavy atom. The lowest BCUT2D eigenvalue weighted by atomic mass is 10.1. The number of carbonyl (C=O) groups is 3. The quantitative estimate of drug-likeness (QED) is 0.202. The van der Waals surface area contributed by atoms with Crippen LogP contribution in [0.4, 0.5) is 5.69 Å². The Hall–Kier alpha value is -5.23. The van der Waals surface area contributed by atoms with Gasteiger partial charge in [0.15, 0.2) is 5.78 Å². The molecule has 0 saturated carbocycles. The van der Waals surface area contributed by atoms with Gasteiger partial charge in [-0.3, -0.25) is 14.4 Å². The summed E-state index contributed by atoms with van der Waals surface area (Å²) in [5, 5.41) is 5.53. The number of rotatable bonds is 9. The monoisotopic (exact) mass is 516 g/mol. The average molecular weight is 517 g/mol. The molecule has 0 atom stereocenters. The number of amides is 2. The van der Waals surface area contributed by atoms with Crippen molar-refractivity contribution >= 4 is 35.4 Å². The molecule has 4 rings (SSSR count).